The van der Waals surface area contributed by atoms with E-state index >= 15 is 0 Å². The van der Waals surface area contributed by atoms with Gasteiger partial charge < -0.3 is 10.1 Å². The minimum absolute atomic E-state index is 0.0256. The summed E-state index contributed by atoms with van der Waals surface area (Å²) in [5, 5.41) is 5.32. The van der Waals surface area contributed by atoms with Crippen LogP contribution in [0.25, 0.3) is 20.2 Å². The van der Waals surface area contributed by atoms with Gasteiger partial charge in [0.1, 0.15) is 12.4 Å². The highest BCUT2D eigenvalue weighted by atomic mass is 35.5. The number of ether oxygens (including phenoxy) is 1. The van der Waals surface area contributed by atoms with Gasteiger partial charge in [0.15, 0.2) is 5.43 Å². The van der Waals surface area contributed by atoms with Crippen LogP contribution in [-0.2, 0) is 0 Å². The fourth-order valence-electron chi connectivity index (χ4n) is 3.19. The van der Waals surface area contributed by atoms with Crippen LogP contribution in [0.3, 0.4) is 0 Å². The number of aryl methyl sites for hydroxylation is 1. The summed E-state index contributed by atoms with van der Waals surface area (Å²) >= 11 is 8.02. The summed E-state index contributed by atoms with van der Waals surface area (Å²) in [5.74, 6) is 0.776. The molecule has 3 nitrogen and oxygen atoms in total. The van der Waals surface area contributed by atoms with E-state index in [9.17, 15) is 4.79 Å². The number of hydrogen-bond acceptors (Lipinski definition) is 4. The Labute approximate surface area is 169 Å². The first-order valence-corrected chi connectivity index (χ1v) is 10.8. The van der Waals surface area contributed by atoms with Crippen molar-refractivity contribution >= 4 is 43.1 Å². The third-order valence-electron chi connectivity index (χ3n) is 4.83. The van der Waals surface area contributed by atoms with Crippen molar-refractivity contribution in [3.05, 3.63) is 51.1 Å². The Morgan fingerprint density at radius 1 is 1.26 bits per heavy atom. The summed E-state index contributed by atoms with van der Waals surface area (Å²) in [6.45, 7) is 7.90. The lowest BCUT2D eigenvalue weighted by molar-refractivity contribution is 0.261. The normalized spacial score (nSPS) is 12.6. The molecule has 144 valence electrons. The van der Waals surface area contributed by atoms with Crippen LogP contribution >= 0.6 is 22.9 Å². The molecule has 0 saturated carbocycles. The first-order chi connectivity index (χ1) is 13.1. The molecule has 0 aliphatic carbocycles. The number of benzene rings is 2. The van der Waals surface area contributed by atoms with Gasteiger partial charge in [-0.3, -0.25) is 4.79 Å². The Bertz CT molecular complexity index is 999. The molecule has 2 aromatic carbocycles. The van der Waals surface area contributed by atoms with E-state index in [4.69, 9.17) is 16.3 Å². The molecule has 0 spiro atoms. The van der Waals surface area contributed by atoms with E-state index in [1.165, 1.54) is 6.42 Å². The van der Waals surface area contributed by atoms with Crippen molar-refractivity contribution in [2.75, 3.05) is 13.2 Å². The van der Waals surface area contributed by atoms with E-state index in [-0.39, 0.29) is 5.43 Å². The maximum atomic E-state index is 13.0. The number of fused-ring (bicyclic) bond motifs is 2. The van der Waals surface area contributed by atoms with Crippen molar-refractivity contribution in [3.63, 3.8) is 0 Å². The Balaban J connectivity index is 2.01. The van der Waals surface area contributed by atoms with Gasteiger partial charge in [0.05, 0.1) is 15.1 Å². The topological polar surface area (TPSA) is 38.3 Å². The molecule has 1 atom stereocenters. The molecule has 3 rings (SSSR count). The zero-order chi connectivity index (χ0) is 19.4. The fourth-order valence-corrected chi connectivity index (χ4v) is 4.85. The molecule has 0 aliphatic heterocycles. The van der Waals surface area contributed by atoms with Gasteiger partial charge in [0.25, 0.3) is 0 Å². The molecule has 1 heterocycles. The molecule has 3 aromatic rings. The van der Waals surface area contributed by atoms with Crippen molar-refractivity contribution in [1.82, 2.24) is 5.32 Å². The summed E-state index contributed by atoms with van der Waals surface area (Å²) in [7, 11) is 0. The summed E-state index contributed by atoms with van der Waals surface area (Å²) in [4.78, 5) is 13.0. The lowest BCUT2D eigenvalue weighted by atomic mass is 10.1. The van der Waals surface area contributed by atoms with Crippen molar-refractivity contribution < 1.29 is 4.74 Å². The highest BCUT2D eigenvalue weighted by Gasteiger charge is 2.17. The van der Waals surface area contributed by atoms with Gasteiger partial charge in [0, 0.05) is 16.1 Å². The van der Waals surface area contributed by atoms with Gasteiger partial charge in [-0.15, -0.1) is 11.3 Å². The van der Waals surface area contributed by atoms with E-state index < -0.39 is 0 Å². The SMILES string of the molecule is CCCCNC(CC)COc1c(C)cc(Cl)c2c(=O)c3ccccc3sc12. The second kappa shape index (κ2) is 9.05. The average Bonchev–Trinajstić information content (AvgIpc) is 2.66. The Hall–Kier alpha value is -1.62. The van der Waals surface area contributed by atoms with Crippen LogP contribution < -0.4 is 15.5 Å². The van der Waals surface area contributed by atoms with Crippen molar-refractivity contribution in [2.45, 2.75) is 46.1 Å². The predicted octanol–water partition coefficient (Wildman–Crippen LogP) is 5.92. The zero-order valence-corrected chi connectivity index (χ0v) is 17.7. The standard InChI is InChI=1S/C22H26ClNO2S/c1-4-6-11-24-15(5-2)13-26-21-14(3)12-17(23)19-20(25)16-9-7-8-10-18(16)27-22(19)21/h7-10,12,15,24H,4-6,11,13H2,1-3H3. The first-order valence-electron chi connectivity index (χ1n) is 9.57. The Kier molecular flexibility index (Phi) is 6.74. The number of unbranched alkanes of at least 4 members (excludes halogenated alkanes) is 1. The summed E-state index contributed by atoms with van der Waals surface area (Å²) in [5.41, 5.74) is 0.934. The Morgan fingerprint density at radius 3 is 2.78 bits per heavy atom. The summed E-state index contributed by atoms with van der Waals surface area (Å²) in [6.07, 6.45) is 3.33. The molecular weight excluding hydrogens is 378 g/mol. The molecule has 27 heavy (non-hydrogen) atoms. The summed E-state index contributed by atoms with van der Waals surface area (Å²) < 4.78 is 8.04. The fraction of sp³-hybridized carbons (Fsp3) is 0.409. The largest absolute Gasteiger partial charge is 0.490 e. The van der Waals surface area contributed by atoms with E-state index in [0.717, 1.165) is 40.1 Å². The third-order valence-corrected chi connectivity index (χ3v) is 6.30. The molecule has 0 fully saturated rings. The molecule has 1 unspecified atom stereocenters. The lowest BCUT2D eigenvalue weighted by Gasteiger charge is -2.20. The molecule has 0 aliphatic rings. The zero-order valence-electron chi connectivity index (χ0n) is 16.1. The van der Waals surface area contributed by atoms with Gasteiger partial charge in [-0.2, -0.15) is 0 Å². The van der Waals surface area contributed by atoms with Crippen LogP contribution in [0.4, 0.5) is 0 Å². The average molecular weight is 404 g/mol. The van der Waals surface area contributed by atoms with Crippen molar-refractivity contribution in [2.24, 2.45) is 0 Å². The van der Waals surface area contributed by atoms with Crippen LogP contribution in [0.2, 0.25) is 5.02 Å². The molecule has 5 heteroatoms. The minimum Gasteiger partial charge on any atom is -0.490 e. The number of hydrogen-bond donors (Lipinski definition) is 1. The van der Waals surface area contributed by atoms with Gasteiger partial charge in [-0.05, 0) is 50.1 Å². The monoisotopic (exact) mass is 403 g/mol. The van der Waals surface area contributed by atoms with Crippen LogP contribution in [-0.4, -0.2) is 19.2 Å². The van der Waals surface area contributed by atoms with Gasteiger partial charge >= 0.3 is 0 Å². The maximum absolute atomic E-state index is 13.0. The number of halogens is 1. The Morgan fingerprint density at radius 2 is 2.04 bits per heavy atom. The predicted molar refractivity (Wildman–Crippen MR) is 118 cm³/mol. The third kappa shape index (κ3) is 4.29. The summed E-state index contributed by atoms with van der Waals surface area (Å²) in [6, 6.07) is 9.80. The molecule has 0 amide bonds. The maximum Gasteiger partial charge on any atom is 0.197 e. The van der Waals surface area contributed by atoms with Crippen LogP contribution in [0, 0.1) is 6.92 Å². The van der Waals surface area contributed by atoms with Crippen molar-refractivity contribution in [3.8, 4) is 5.75 Å². The van der Waals surface area contributed by atoms with Crippen LogP contribution in [0.15, 0.2) is 35.1 Å². The quantitative estimate of drug-likeness (QED) is 0.374. The minimum atomic E-state index is -0.0256. The van der Waals surface area contributed by atoms with E-state index in [1.54, 1.807) is 11.3 Å². The molecule has 1 aromatic heterocycles. The number of rotatable bonds is 8. The van der Waals surface area contributed by atoms with Crippen LogP contribution in [0.1, 0.15) is 38.7 Å². The van der Waals surface area contributed by atoms with Gasteiger partial charge in [0.2, 0.25) is 0 Å². The van der Waals surface area contributed by atoms with Crippen LogP contribution in [0.5, 0.6) is 5.75 Å². The molecule has 0 bridgehead atoms. The van der Waals surface area contributed by atoms with E-state index in [2.05, 4.69) is 19.2 Å². The van der Waals surface area contributed by atoms with Crippen molar-refractivity contribution in [1.29, 1.82) is 0 Å². The van der Waals surface area contributed by atoms with Gasteiger partial charge in [-0.25, -0.2) is 0 Å². The van der Waals surface area contributed by atoms with Gasteiger partial charge in [-0.1, -0.05) is 44.0 Å². The lowest BCUT2D eigenvalue weighted by Crippen LogP contribution is -2.34. The van der Waals surface area contributed by atoms with E-state index in [0.29, 0.717) is 28.4 Å². The molecule has 0 radical (unpaired) electrons. The molecule has 1 N–H and O–H groups in total. The number of nitrogens with one attached hydrogen (secondary N) is 1. The second-order valence-electron chi connectivity index (χ2n) is 6.86. The highest BCUT2D eigenvalue weighted by molar-refractivity contribution is 7.25. The first kappa shape index (κ1) is 20.1. The molecular formula is C22H26ClNO2S. The highest BCUT2D eigenvalue weighted by Crippen LogP contribution is 2.38. The molecule has 0 saturated heterocycles. The smallest absolute Gasteiger partial charge is 0.197 e. The second-order valence-corrected chi connectivity index (χ2v) is 8.32. The van der Waals surface area contributed by atoms with E-state index in [1.807, 2.05) is 37.3 Å².